The Morgan fingerprint density at radius 2 is 1.58 bits per heavy atom. The number of nitrogens with zero attached hydrogens (tertiary/aromatic N) is 2. The smallest absolute Gasteiger partial charge is 0.257 e. The standard InChI is InChI=1S/C21H17N3O2/c1-22-19(25)13-26-20-11-10-18(23-24-20)21-16-8-4-2-6-14(16)12-15-7-3-5-9-17(15)21/h2-12H,13H2,1H3,(H,22,25). The number of aromatic nitrogens is 2. The van der Waals surface area contributed by atoms with Crippen LogP contribution >= 0.6 is 0 Å². The average molecular weight is 343 g/mol. The Kier molecular flexibility index (Phi) is 4.19. The van der Waals surface area contributed by atoms with Crippen LogP contribution in [0.15, 0.2) is 66.7 Å². The molecular formula is C21H17N3O2. The topological polar surface area (TPSA) is 64.1 Å². The number of nitrogens with one attached hydrogen (secondary N) is 1. The third kappa shape index (κ3) is 2.95. The summed E-state index contributed by atoms with van der Waals surface area (Å²) in [6.07, 6.45) is 0. The molecule has 128 valence electrons. The number of benzene rings is 3. The molecule has 0 unspecified atom stereocenters. The van der Waals surface area contributed by atoms with Crippen molar-refractivity contribution < 1.29 is 9.53 Å². The molecule has 1 aromatic heterocycles. The number of fused-ring (bicyclic) bond motifs is 2. The minimum absolute atomic E-state index is 0.0816. The average Bonchev–Trinajstić information content (AvgIpc) is 2.70. The van der Waals surface area contributed by atoms with Gasteiger partial charge in [0, 0.05) is 18.7 Å². The van der Waals surface area contributed by atoms with Crippen LogP contribution in [0.25, 0.3) is 32.8 Å². The number of carbonyl (C=O) groups is 1. The molecular weight excluding hydrogens is 326 g/mol. The summed E-state index contributed by atoms with van der Waals surface area (Å²) in [6, 6.07) is 22.3. The number of ether oxygens (including phenoxy) is 1. The largest absolute Gasteiger partial charge is 0.466 e. The van der Waals surface area contributed by atoms with Gasteiger partial charge in [-0.1, -0.05) is 48.5 Å². The maximum atomic E-state index is 11.3. The summed E-state index contributed by atoms with van der Waals surface area (Å²) in [5, 5.41) is 15.5. The van der Waals surface area contributed by atoms with E-state index >= 15 is 0 Å². The van der Waals surface area contributed by atoms with Crippen LogP contribution in [0.1, 0.15) is 0 Å². The molecule has 1 N–H and O–H groups in total. The minimum atomic E-state index is -0.212. The number of carbonyl (C=O) groups excluding carboxylic acids is 1. The molecule has 3 aromatic carbocycles. The first-order valence-electron chi connectivity index (χ1n) is 8.34. The molecule has 0 aliphatic heterocycles. The zero-order valence-corrected chi connectivity index (χ0v) is 14.3. The lowest BCUT2D eigenvalue weighted by Crippen LogP contribution is -2.25. The fourth-order valence-corrected chi connectivity index (χ4v) is 3.03. The van der Waals surface area contributed by atoms with Crippen molar-refractivity contribution in [1.82, 2.24) is 15.5 Å². The van der Waals surface area contributed by atoms with E-state index in [1.54, 1.807) is 13.1 Å². The van der Waals surface area contributed by atoms with E-state index in [1.165, 1.54) is 0 Å². The quantitative estimate of drug-likeness (QED) is 0.575. The van der Waals surface area contributed by atoms with Gasteiger partial charge in [-0.25, -0.2) is 0 Å². The van der Waals surface area contributed by atoms with Crippen LogP contribution in [0.2, 0.25) is 0 Å². The maximum absolute atomic E-state index is 11.3. The number of likely N-dealkylation sites (N-methyl/N-ethyl adjacent to an activating group) is 1. The van der Waals surface area contributed by atoms with Crippen molar-refractivity contribution in [2.45, 2.75) is 0 Å². The van der Waals surface area contributed by atoms with Gasteiger partial charge < -0.3 is 10.1 Å². The normalized spacial score (nSPS) is 10.8. The summed E-state index contributed by atoms with van der Waals surface area (Å²) in [5.74, 6) is 0.109. The van der Waals surface area contributed by atoms with E-state index < -0.39 is 0 Å². The van der Waals surface area contributed by atoms with Gasteiger partial charge in [-0.3, -0.25) is 4.79 Å². The molecule has 0 radical (unpaired) electrons. The van der Waals surface area contributed by atoms with Gasteiger partial charge in [-0.2, -0.15) is 0 Å². The van der Waals surface area contributed by atoms with Crippen molar-refractivity contribution in [3.63, 3.8) is 0 Å². The Morgan fingerprint density at radius 1 is 0.923 bits per heavy atom. The third-order valence-corrected chi connectivity index (χ3v) is 4.30. The highest BCUT2D eigenvalue weighted by atomic mass is 16.5. The summed E-state index contributed by atoms with van der Waals surface area (Å²) in [5.41, 5.74) is 1.81. The van der Waals surface area contributed by atoms with Gasteiger partial charge in [0.15, 0.2) is 6.61 Å². The van der Waals surface area contributed by atoms with E-state index in [2.05, 4.69) is 45.8 Å². The number of hydrogen-bond donors (Lipinski definition) is 1. The van der Waals surface area contributed by atoms with Crippen LogP contribution in [0, 0.1) is 0 Å². The maximum Gasteiger partial charge on any atom is 0.257 e. The van der Waals surface area contributed by atoms with E-state index in [1.807, 2.05) is 30.3 Å². The predicted octanol–water partition coefficient (Wildman–Crippen LogP) is 3.57. The van der Waals surface area contributed by atoms with Gasteiger partial charge >= 0.3 is 0 Å². The first-order chi connectivity index (χ1) is 12.8. The van der Waals surface area contributed by atoms with E-state index in [-0.39, 0.29) is 12.5 Å². The van der Waals surface area contributed by atoms with Crippen LogP contribution in [-0.2, 0) is 4.79 Å². The second kappa shape index (κ2) is 6.80. The Balaban J connectivity index is 1.81. The molecule has 4 aromatic rings. The fourth-order valence-electron chi connectivity index (χ4n) is 3.03. The molecule has 0 bridgehead atoms. The van der Waals surface area contributed by atoms with Crippen LogP contribution in [-0.4, -0.2) is 29.8 Å². The van der Waals surface area contributed by atoms with Gasteiger partial charge in [0.1, 0.15) is 0 Å². The molecule has 1 heterocycles. The van der Waals surface area contributed by atoms with Crippen LogP contribution in [0.5, 0.6) is 5.88 Å². The van der Waals surface area contributed by atoms with Crippen molar-refractivity contribution in [2.24, 2.45) is 0 Å². The highest BCUT2D eigenvalue weighted by Crippen LogP contribution is 2.35. The monoisotopic (exact) mass is 343 g/mol. The Morgan fingerprint density at radius 3 is 2.15 bits per heavy atom. The molecule has 0 aliphatic rings. The molecule has 26 heavy (non-hydrogen) atoms. The zero-order valence-electron chi connectivity index (χ0n) is 14.3. The van der Waals surface area contributed by atoms with Gasteiger partial charge in [-0.15, -0.1) is 10.2 Å². The van der Waals surface area contributed by atoms with E-state index in [9.17, 15) is 4.79 Å². The third-order valence-electron chi connectivity index (χ3n) is 4.30. The summed E-state index contributed by atoms with van der Waals surface area (Å²) in [7, 11) is 1.56. The molecule has 0 fully saturated rings. The van der Waals surface area contributed by atoms with Gasteiger partial charge in [0.05, 0.1) is 5.69 Å². The molecule has 1 amide bonds. The molecule has 0 saturated carbocycles. The first-order valence-corrected chi connectivity index (χ1v) is 8.34. The molecule has 0 atom stereocenters. The number of hydrogen-bond acceptors (Lipinski definition) is 4. The lowest BCUT2D eigenvalue weighted by molar-refractivity contribution is -0.122. The van der Waals surface area contributed by atoms with Gasteiger partial charge in [-0.05, 0) is 33.7 Å². The molecule has 0 saturated heterocycles. The van der Waals surface area contributed by atoms with Crippen molar-refractivity contribution >= 4 is 27.5 Å². The number of rotatable bonds is 4. The second-order valence-corrected chi connectivity index (χ2v) is 5.91. The molecule has 4 rings (SSSR count). The predicted molar refractivity (Wildman–Crippen MR) is 102 cm³/mol. The van der Waals surface area contributed by atoms with Crippen LogP contribution in [0.4, 0.5) is 0 Å². The molecule has 0 spiro atoms. The Hall–Kier alpha value is -3.47. The van der Waals surface area contributed by atoms with E-state index in [0.717, 1.165) is 32.8 Å². The van der Waals surface area contributed by atoms with Gasteiger partial charge in [0.2, 0.25) is 5.88 Å². The lowest BCUT2D eigenvalue weighted by atomic mass is 9.95. The zero-order chi connectivity index (χ0) is 17.9. The molecule has 0 aliphatic carbocycles. The van der Waals surface area contributed by atoms with E-state index in [4.69, 9.17) is 4.74 Å². The Labute approximate surface area is 150 Å². The summed E-state index contributed by atoms with van der Waals surface area (Å²) in [6.45, 7) is -0.0816. The summed E-state index contributed by atoms with van der Waals surface area (Å²) >= 11 is 0. The molecule has 5 heteroatoms. The van der Waals surface area contributed by atoms with Crippen molar-refractivity contribution in [2.75, 3.05) is 13.7 Å². The first kappa shape index (κ1) is 16.0. The van der Waals surface area contributed by atoms with E-state index in [0.29, 0.717) is 5.88 Å². The van der Waals surface area contributed by atoms with Crippen LogP contribution in [0.3, 0.4) is 0 Å². The minimum Gasteiger partial charge on any atom is -0.466 e. The van der Waals surface area contributed by atoms with Gasteiger partial charge in [0.25, 0.3) is 5.91 Å². The fraction of sp³-hybridized carbons (Fsp3) is 0.0952. The number of amides is 1. The van der Waals surface area contributed by atoms with Crippen molar-refractivity contribution in [3.05, 3.63) is 66.7 Å². The Bertz CT molecular complexity index is 1040. The lowest BCUT2D eigenvalue weighted by Gasteiger charge is -2.11. The SMILES string of the molecule is CNC(=O)COc1ccc(-c2c3ccccc3cc3ccccc23)nn1. The molecule has 5 nitrogen and oxygen atoms in total. The van der Waals surface area contributed by atoms with Crippen molar-refractivity contribution in [1.29, 1.82) is 0 Å². The summed E-state index contributed by atoms with van der Waals surface area (Å²) < 4.78 is 5.34. The highest BCUT2D eigenvalue weighted by Gasteiger charge is 2.12. The second-order valence-electron chi connectivity index (χ2n) is 5.91. The highest BCUT2D eigenvalue weighted by molar-refractivity contribution is 6.11. The summed E-state index contributed by atoms with van der Waals surface area (Å²) in [4.78, 5) is 11.3. The van der Waals surface area contributed by atoms with Crippen molar-refractivity contribution in [3.8, 4) is 17.1 Å². The van der Waals surface area contributed by atoms with Crippen LogP contribution < -0.4 is 10.1 Å².